The van der Waals surface area contributed by atoms with Gasteiger partial charge < -0.3 is 45.4 Å². The summed E-state index contributed by atoms with van der Waals surface area (Å²) in [4.78, 5) is 66.9. The third-order valence-corrected chi connectivity index (χ3v) is 17.1. The maximum atomic E-state index is 17.2. The Morgan fingerprint density at radius 1 is 0.975 bits per heavy atom. The topological polar surface area (TPSA) is 208 Å². The van der Waals surface area contributed by atoms with Crippen molar-refractivity contribution in [1.82, 2.24) is 45.7 Å². The Morgan fingerprint density at radius 2 is 1.75 bits per heavy atom. The first-order valence-electron chi connectivity index (χ1n) is 27.8. The van der Waals surface area contributed by atoms with Gasteiger partial charge in [0.25, 0.3) is 0 Å². The van der Waals surface area contributed by atoms with Gasteiger partial charge in [0.05, 0.1) is 33.6 Å². The van der Waals surface area contributed by atoms with Crippen LogP contribution < -0.4 is 25.6 Å². The van der Waals surface area contributed by atoms with Crippen LogP contribution in [0.15, 0.2) is 60.2 Å². The lowest BCUT2D eigenvalue weighted by Crippen LogP contribution is -2.58. The number of phenols is 1. The summed E-state index contributed by atoms with van der Waals surface area (Å²) in [6, 6.07) is 12.2. The normalized spacial score (nSPS) is 21.3. The zero-order chi connectivity index (χ0) is 55.7. The lowest BCUT2D eigenvalue weighted by Gasteiger charge is -2.35. The molecule has 3 aromatic carbocycles. The van der Waals surface area contributed by atoms with Crippen LogP contribution in [0.1, 0.15) is 102 Å². The number of benzene rings is 3. The second-order valence-electron chi connectivity index (χ2n) is 22.8. The molecule has 4 aliphatic rings. The van der Waals surface area contributed by atoms with Gasteiger partial charge in [0.15, 0.2) is 5.82 Å². The van der Waals surface area contributed by atoms with Gasteiger partial charge in [-0.15, -0.1) is 11.3 Å². The summed E-state index contributed by atoms with van der Waals surface area (Å²) < 4.78 is 44.6. The van der Waals surface area contributed by atoms with E-state index in [2.05, 4.69) is 40.7 Å². The number of phenolic OH excluding ortho intramolecular Hbond substituents is 1. The molecular formula is C59H72F2N10O7S. The van der Waals surface area contributed by atoms with Gasteiger partial charge >= 0.3 is 6.01 Å². The second-order valence-corrected chi connectivity index (χ2v) is 23.7. The number of ether oxygens (including phenoxy) is 2. The Hall–Kier alpha value is -6.45. The number of aliphatic hydroxyl groups is 1. The molecule has 20 heteroatoms. The summed E-state index contributed by atoms with van der Waals surface area (Å²) in [5.74, 6) is -1.96. The second kappa shape index (κ2) is 23.7. The Labute approximate surface area is 463 Å². The Bertz CT molecular complexity index is 3200. The zero-order valence-corrected chi connectivity index (χ0v) is 46.7. The molecule has 3 amide bonds. The highest BCUT2D eigenvalue weighted by Crippen LogP contribution is 2.40. The fourth-order valence-electron chi connectivity index (χ4n) is 12.0. The molecule has 0 radical (unpaired) electrons. The molecule has 0 aliphatic carbocycles. The van der Waals surface area contributed by atoms with Gasteiger partial charge in [-0.2, -0.15) is 9.97 Å². The average Bonchev–Trinajstić information content (AvgIpc) is 4.39. The number of hydrogen-bond acceptors (Lipinski definition) is 15. The molecule has 420 valence electrons. The third-order valence-electron chi connectivity index (χ3n) is 16.1. The molecule has 3 aromatic heterocycles. The predicted molar refractivity (Wildman–Crippen MR) is 300 cm³/mol. The van der Waals surface area contributed by atoms with Crippen molar-refractivity contribution in [2.24, 2.45) is 5.41 Å². The number of likely N-dealkylation sites (tertiary alicyclic amines) is 2. The van der Waals surface area contributed by atoms with E-state index in [1.165, 1.54) is 23.1 Å². The fraction of sp³-hybridized carbons (Fsp3) is 0.508. The standard InChI is InChI=1S/C59H72F2N10O7S/c1-7-43-46(60)19-16-37-23-41(72)24-44(49(37)43)51-50(61)52-45(26-62-51)55(70-27-38-17-18-39(28-70)65-38)68-58(67-52)78-30-40-11-10-21-69(40)20-8-9-22-77-31-48(74)66-54(59(4,5)6)57(76)71-29-42(73)25-47(71)56(75)64-33(2)35-12-14-36(15-13-35)53-34(3)63-32-79-53/h12-16,19,23-24,26,32-33,38-40,42,47,54,65,72-73H,7-11,17-18,20-22,25,27-31H2,1-6H3,(H,64,75)(H,66,74)/t33-,38?,39?,40-,42+,47-,54+/m0/s1. The molecule has 6 aromatic rings. The van der Waals surface area contributed by atoms with Crippen LogP contribution in [0, 0.1) is 24.0 Å². The smallest absolute Gasteiger partial charge is 0.319 e. The van der Waals surface area contributed by atoms with Crippen molar-refractivity contribution < 1.29 is 42.9 Å². The van der Waals surface area contributed by atoms with Crippen LogP contribution in [-0.4, -0.2) is 147 Å². The van der Waals surface area contributed by atoms with Crippen LogP contribution in [0.5, 0.6) is 11.8 Å². The van der Waals surface area contributed by atoms with E-state index < -0.39 is 47.1 Å². The number of aryl methyl sites for hydroxylation is 2. The van der Waals surface area contributed by atoms with Crippen molar-refractivity contribution in [3.63, 3.8) is 0 Å². The summed E-state index contributed by atoms with van der Waals surface area (Å²) in [7, 11) is 0. The summed E-state index contributed by atoms with van der Waals surface area (Å²) in [5.41, 5.74) is 4.64. The molecule has 2 unspecified atom stereocenters. The van der Waals surface area contributed by atoms with Gasteiger partial charge in [0.1, 0.15) is 53.9 Å². The number of β-amino-alcohol motifs (C(OH)–C–C–N with tert-alkyl or cyclic N) is 1. The highest BCUT2D eigenvalue weighted by molar-refractivity contribution is 7.13. The molecule has 10 rings (SSSR count). The Kier molecular flexibility index (Phi) is 16.8. The number of unbranched alkanes of at least 4 members (excludes halogenated alkanes) is 1. The van der Waals surface area contributed by atoms with E-state index in [-0.39, 0.29) is 84.8 Å². The third kappa shape index (κ3) is 12.2. The summed E-state index contributed by atoms with van der Waals surface area (Å²) in [6.45, 7) is 14.5. The van der Waals surface area contributed by atoms with Crippen LogP contribution in [0.25, 0.3) is 43.4 Å². The first kappa shape index (κ1) is 55.8. The number of amides is 3. The maximum Gasteiger partial charge on any atom is 0.319 e. The van der Waals surface area contributed by atoms with E-state index in [1.807, 2.05) is 71.3 Å². The summed E-state index contributed by atoms with van der Waals surface area (Å²) >= 11 is 1.57. The van der Waals surface area contributed by atoms with Crippen LogP contribution in [-0.2, 0) is 25.5 Å². The maximum absolute atomic E-state index is 17.2. The van der Waals surface area contributed by atoms with E-state index in [1.54, 1.807) is 23.6 Å². The van der Waals surface area contributed by atoms with Gasteiger partial charge in [-0.25, -0.2) is 13.8 Å². The zero-order valence-electron chi connectivity index (χ0n) is 45.9. The molecule has 4 aliphatic heterocycles. The van der Waals surface area contributed by atoms with Gasteiger partial charge in [-0.1, -0.05) is 58.0 Å². The van der Waals surface area contributed by atoms with Crippen molar-refractivity contribution >= 4 is 56.6 Å². The monoisotopic (exact) mass is 1100 g/mol. The van der Waals surface area contributed by atoms with Gasteiger partial charge in [-0.3, -0.25) is 24.3 Å². The van der Waals surface area contributed by atoms with Crippen molar-refractivity contribution in [1.29, 1.82) is 0 Å². The minimum atomic E-state index is -0.984. The first-order chi connectivity index (χ1) is 37.9. The molecule has 5 N–H and O–H groups in total. The van der Waals surface area contributed by atoms with Crippen LogP contribution in [0.3, 0.4) is 0 Å². The average molecular weight is 1100 g/mol. The number of aromatic hydroxyl groups is 1. The number of thiazole rings is 1. The summed E-state index contributed by atoms with van der Waals surface area (Å²) in [6.07, 6.45) is 6.50. The number of anilines is 1. The van der Waals surface area contributed by atoms with Crippen LogP contribution in [0.4, 0.5) is 14.6 Å². The number of rotatable bonds is 19. The van der Waals surface area contributed by atoms with Crippen molar-refractivity contribution in [3.8, 4) is 33.5 Å². The molecule has 79 heavy (non-hydrogen) atoms. The number of nitrogens with zero attached hydrogens (tertiary/aromatic N) is 7. The number of carbonyl (C=O) groups excluding carboxylic acids is 3. The SMILES string of the molecule is CCc1c(F)ccc2cc(O)cc(-c3ncc4c(N5CC6CCC(C5)N6)nc(OC[C@@H]5CCCN5CCCCOCC(=O)N[C@H](C(=O)N5C[C@H](O)C[C@H]5C(=O)N[C@@H](C)c5ccc(-c6scnc6C)cc5)C(C)(C)C)nc4c3F)c12. The van der Waals surface area contributed by atoms with Gasteiger partial charge in [0.2, 0.25) is 17.7 Å². The molecule has 0 spiro atoms. The van der Waals surface area contributed by atoms with Gasteiger partial charge in [-0.05, 0) is 123 Å². The van der Waals surface area contributed by atoms with E-state index in [9.17, 15) is 24.6 Å². The Balaban J connectivity index is 0.734. The quantitative estimate of drug-likeness (QED) is 0.0492. The number of aromatic nitrogens is 4. The first-order valence-corrected chi connectivity index (χ1v) is 28.7. The number of carbonyl (C=O) groups is 3. The highest BCUT2D eigenvalue weighted by Gasteiger charge is 2.45. The van der Waals surface area contributed by atoms with E-state index in [4.69, 9.17) is 14.5 Å². The molecule has 4 saturated heterocycles. The van der Waals surface area contributed by atoms with Crippen molar-refractivity contribution in [2.75, 3.05) is 57.4 Å². The van der Waals surface area contributed by atoms with Crippen LogP contribution >= 0.6 is 11.3 Å². The highest BCUT2D eigenvalue weighted by atomic mass is 32.1. The van der Waals surface area contributed by atoms with E-state index in [0.29, 0.717) is 60.1 Å². The number of halogens is 2. The number of fused-ring (bicyclic) bond motifs is 4. The van der Waals surface area contributed by atoms with E-state index >= 15 is 8.78 Å². The van der Waals surface area contributed by atoms with Gasteiger partial charge in [0, 0.05) is 62.5 Å². The molecule has 17 nitrogen and oxygen atoms in total. The molecule has 4 fully saturated rings. The summed E-state index contributed by atoms with van der Waals surface area (Å²) in [5, 5.41) is 32.5. The largest absolute Gasteiger partial charge is 0.508 e. The van der Waals surface area contributed by atoms with Crippen LogP contribution in [0.2, 0.25) is 0 Å². The minimum Gasteiger partial charge on any atom is -0.508 e. The van der Waals surface area contributed by atoms with Crippen molar-refractivity contribution in [3.05, 3.63) is 88.7 Å². The molecule has 2 bridgehead atoms. The Morgan fingerprint density at radius 3 is 2.47 bits per heavy atom. The number of aliphatic hydroxyl groups excluding tert-OH is 1. The lowest BCUT2D eigenvalue weighted by atomic mass is 9.85. The predicted octanol–water partition coefficient (Wildman–Crippen LogP) is 7.77. The minimum absolute atomic E-state index is 0.0311. The van der Waals surface area contributed by atoms with Crippen molar-refractivity contribution in [2.45, 2.75) is 135 Å². The fourth-order valence-corrected chi connectivity index (χ4v) is 12.8. The molecule has 7 heterocycles. The van der Waals surface area contributed by atoms with E-state index in [0.717, 1.165) is 66.9 Å². The molecule has 0 saturated carbocycles. The molecular weight excluding hydrogens is 1030 g/mol. The lowest BCUT2D eigenvalue weighted by molar-refractivity contribution is -0.144. The number of piperazine rings is 1. The number of nitrogens with one attached hydrogen (secondary N) is 3. The number of hydrogen-bond donors (Lipinski definition) is 5. The molecule has 7 atom stereocenters. The number of pyridine rings is 1.